The van der Waals surface area contributed by atoms with Gasteiger partial charge in [0.15, 0.2) is 0 Å². The molecule has 0 fully saturated rings. The Hall–Kier alpha value is -3.02. The van der Waals surface area contributed by atoms with Crippen molar-refractivity contribution >= 4 is 16.9 Å². The molecule has 0 saturated heterocycles. The predicted octanol–water partition coefficient (Wildman–Crippen LogP) is 2.41. The average molecular weight is 326 g/mol. The van der Waals surface area contributed by atoms with Crippen LogP contribution < -0.4 is 5.56 Å². The Morgan fingerprint density at radius 3 is 2.67 bits per heavy atom. The van der Waals surface area contributed by atoms with Gasteiger partial charge in [-0.2, -0.15) is 4.98 Å². The van der Waals surface area contributed by atoms with Gasteiger partial charge < -0.3 is 9.67 Å². The second-order valence-electron chi connectivity index (χ2n) is 5.46. The Balaban J connectivity index is 2.02. The lowest BCUT2D eigenvalue weighted by atomic mass is 10.1. The first kappa shape index (κ1) is 15.9. The second-order valence-corrected chi connectivity index (χ2v) is 5.46. The first-order valence-corrected chi connectivity index (χ1v) is 7.49. The van der Waals surface area contributed by atoms with Crippen LogP contribution in [0, 0.1) is 5.82 Å². The molecule has 0 spiro atoms. The Labute approximate surface area is 137 Å². The zero-order valence-electron chi connectivity index (χ0n) is 12.8. The van der Waals surface area contributed by atoms with Gasteiger partial charge in [0.05, 0.1) is 10.9 Å². The number of carbonyl (C=O) groups is 1. The number of aliphatic carboxylic acids is 1. The van der Waals surface area contributed by atoms with Gasteiger partial charge in [0.1, 0.15) is 18.2 Å². The van der Waals surface area contributed by atoms with Crippen LogP contribution in [0.1, 0.15) is 11.4 Å². The molecule has 0 radical (unpaired) electrons. The van der Waals surface area contributed by atoms with Crippen LogP contribution in [0.5, 0.6) is 0 Å². The van der Waals surface area contributed by atoms with E-state index in [1.165, 1.54) is 16.7 Å². The molecule has 1 N–H and O–H groups in total. The summed E-state index contributed by atoms with van der Waals surface area (Å²) in [6, 6.07) is 13.0. The molecule has 0 aliphatic rings. The number of benzene rings is 2. The number of aromatic nitrogens is 2. The molecule has 0 unspecified atom stereocenters. The molecule has 3 aromatic rings. The van der Waals surface area contributed by atoms with Gasteiger partial charge in [0.25, 0.3) is 5.56 Å². The monoisotopic (exact) mass is 326 g/mol. The van der Waals surface area contributed by atoms with Gasteiger partial charge in [0.2, 0.25) is 0 Å². The van der Waals surface area contributed by atoms with Crippen molar-refractivity contribution in [2.75, 3.05) is 0 Å². The minimum atomic E-state index is -1.02. The fourth-order valence-corrected chi connectivity index (χ4v) is 2.72. The zero-order valence-corrected chi connectivity index (χ0v) is 12.8. The van der Waals surface area contributed by atoms with E-state index in [9.17, 15) is 14.0 Å². The van der Waals surface area contributed by atoms with Crippen LogP contribution in [-0.2, 0) is 24.2 Å². The van der Waals surface area contributed by atoms with Gasteiger partial charge in [-0.15, -0.1) is 0 Å². The summed E-state index contributed by atoms with van der Waals surface area (Å²) in [5.41, 5.74) is 0.912. The zero-order chi connectivity index (χ0) is 17.1. The van der Waals surface area contributed by atoms with Crippen LogP contribution in [0.4, 0.5) is 4.39 Å². The molecule has 3 rings (SSSR count). The predicted molar refractivity (Wildman–Crippen MR) is 87.4 cm³/mol. The van der Waals surface area contributed by atoms with Crippen molar-refractivity contribution in [2.45, 2.75) is 19.4 Å². The maximum atomic E-state index is 13.3. The highest BCUT2D eigenvalue weighted by Gasteiger charge is 2.13. The average Bonchev–Trinajstić information content (AvgIpc) is 2.56. The quantitative estimate of drug-likeness (QED) is 0.781. The van der Waals surface area contributed by atoms with Crippen molar-refractivity contribution < 1.29 is 14.3 Å². The second kappa shape index (κ2) is 6.62. The van der Waals surface area contributed by atoms with Crippen LogP contribution in [-0.4, -0.2) is 20.6 Å². The van der Waals surface area contributed by atoms with Gasteiger partial charge in [-0.1, -0.05) is 24.3 Å². The van der Waals surface area contributed by atoms with Gasteiger partial charge in [-0.3, -0.25) is 9.59 Å². The number of para-hydroxylation sites is 1. The third-order valence-electron chi connectivity index (χ3n) is 3.79. The van der Waals surface area contributed by atoms with E-state index in [-0.39, 0.29) is 17.9 Å². The van der Waals surface area contributed by atoms with Crippen LogP contribution in [0.25, 0.3) is 10.9 Å². The first-order chi connectivity index (χ1) is 11.5. The lowest BCUT2D eigenvalue weighted by Crippen LogP contribution is -2.22. The third-order valence-corrected chi connectivity index (χ3v) is 3.79. The van der Waals surface area contributed by atoms with Crippen molar-refractivity contribution in [1.29, 1.82) is 0 Å². The summed E-state index contributed by atoms with van der Waals surface area (Å²) < 4.78 is 14.8. The van der Waals surface area contributed by atoms with Crippen molar-refractivity contribution in [1.82, 2.24) is 9.55 Å². The van der Waals surface area contributed by atoms with E-state index in [0.717, 1.165) is 5.56 Å². The molecule has 0 aliphatic carbocycles. The van der Waals surface area contributed by atoms with Crippen molar-refractivity contribution in [3.63, 3.8) is 0 Å². The molecule has 0 saturated carbocycles. The highest BCUT2D eigenvalue weighted by molar-refractivity contribution is 5.79. The summed E-state index contributed by atoms with van der Waals surface area (Å²) in [5, 5.41) is 9.55. The van der Waals surface area contributed by atoms with Gasteiger partial charge in [-0.25, -0.2) is 4.39 Å². The summed E-state index contributed by atoms with van der Waals surface area (Å²) in [5.74, 6) is -0.968. The number of rotatable bonds is 5. The first-order valence-electron chi connectivity index (χ1n) is 7.49. The third kappa shape index (κ3) is 3.32. The van der Waals surface area contributed by atoms with Crippen molar-refractivity contribution in [2.24, 2.45) is 0 Å². The van der Waals surface area contributed by atoms with E-state index in [1.54, 1.807) is 36.4 Å². The number of carboxylic acids is 1. The lowest BCUT2D eigenvalue weighted by Gasteiger charge is -2.14. The topological polar surface area (TPSA) is 72.2 Å². The van der Waals surface area contributed by atoms with Crippen molar-refractivity contribution in [3.8, 4) is 0 Å². The minimum Gasteiger partial charge on any atom is -0.480 e. The number of hydrogen-bond donors (Lipinski definition) is 1. The summed E-state index contributed by atoms with van der Waals surface area (Å²) in [6.07, 6.45) is 0.805. The van der Waals surface area contributed by atoms with Crippen LogP contribution in [0.15, 0.2) is 53.3 Å². The maximum absolute atomic E-state index is 13.3. The Morgan fingerprint density at radius 2 is 1.92 bits per heavy atom. The highest BCUT2D eigenvalue weighted by Crippen LogP contribution is 2.14. The van der Waals surface area contributed by atoms with E-state index in [2.05, 4.69) is 4.98 Å². The summed E-state index contributed by atoms with van der Waals surface area (Å²) in [4.78, 5) is 27.4. The number of halogens is 1. The summed E-state index contributed by atoms with van der Waals surface area (Å²) in [7, 11) is 0. The van der Waals surface area contributed by atoms with E-state index in [4.69, 9.17) is 5.11 Å². The Morgan fingerprint density at radius 1 is 1.12 bits per heavy atom. The van der Waals surface area contributed by atoms with Crippen molar-refractivity contribution in [3.05, 3.63) is 76.1 Å². The minimum absolute atomic E-state index is 0.285. The summed E-state index contributed by atoms with van der Waals surface area (Å²) in [6.45, 7) is -0.285. The molecule has 24 heavy (non-hydrogen) atoms. The molecular formula is C18H15FN2O3. The standard InChI is InChI=1S/C18H15FN2O3/c19-13-5-3-4-12(10-13)8-9-16-20-18(24)14-6-1-2-7-15(14)21(16)11-17(22)23/h1-7,10H,8-9,11H2,(H,22,23). The summed E-state index contributed by atoms with van der Waals surface area (Å²) >= 11 is 0. The number of aryl methyl sites for hydroxylation is 2. The lowest BCUT2D eigenvalue weighted by molar-refractivity contribution is -0.137. The van der Waals surface area contributed by atoms with Crippen LogP contribution >= 0.6 is 0 Å². The largest absolute Gasteiger partial charge is 0.480 e. The number of nitrogens with zero attached hydrogens (tertiary/aromatic N) is 2. The van der Waals surface area contributed by atoms with Crippen LogP contribution in [0.2, 0.25) is 0 Å². The normalized spacial score (nSPS) is 10.9. The molecular weight excluding hydrogens is 311 g/mol. The Kier molecular flexibility index (Phi) is 4.37. The smallest absolute Gasteiger partial charge is 0.323 e. The van der Waals surface area contributed by atoms with Gasteiger partial charge >= 0.3 is 5.97 Å². The molecule has 1 heterocycles. The van der Waals surface area contributed by atoms with Gasteiger partial charge in [-0.05, 0) is 36.2 Å². The molecule has 2 aromatic carbocycles. The van der Waals surface area contributed by atoms with Gasteiger partial charge in [0, 0.05) is 6.42 Å². The Bertz CT molecular complexity index is 966. The number of fused-ring (bicyclic) bond motifs is 1. The fourth-order valence-electron chi connectivity index (χ4n) is 2.72. The molecule has 0 atom stereocenters. The maximum Gasteiger partial charge on any atom is 0.323 e. The van der Waals surface area contributed by atoms with E-state index >= 15 is 0 Å². The SMILES string of the molecule is O=C(O)Cn1c(CCc2cccc(F)c2)nc(=O)c2ccccc21. The van der Waals surface area contributed by atoms with E-state index < -0.39 is 5.97 Å². The molecule has 1 aromatic heterocycles. The van der Waals surface area contributed by atoms with E-state index in [0.29, 0.717) is 29.6 Å². The highest BCUT2D eigenvalue weighted by atomic mass is 19.1. The molecule has 6 heteroatoms. The number of hydrogen-bond acceptors (Lipinski definition) is 3. The van der Waals surface area contributed by atoms with E-state index in [1.807, 2.05) is 0 Å². The van der Waals surface area contributed by atoms with Crippen LogP contribution in [0.3, 0.4) is 0 Å². The fraction of sp³-hybridized carbons (Fsp3) is 0.167. The molecule has 0 bridgehead atoms. The number of carboxylic acid groups (broad SMARTS) is 1. The molecule has 0 aliphatic heterocycles. The molecule has 122 valence electrons. The molecule has 5 nitrogen and oxygen atoms in total. The molecule has 0 amide bonds.